The van der Waals surface area contributed by atoms with Crippen LogP contribution in [0, 0.1) is 24.2 Å². The van der Waals surface area contributed by atoms with Crippen molar-refractivity contribution in [1.82, 2.24) is 10.3 Å². The third kappa shape index (κ3) is 5.07. The highest BCUT2D eigenvalue weighted by molar-refractivity contribution is 5.83. The Morgan fingerprint density at radius 2 is 2.00 bits per heavy atom. The van der Waals surface area contributed by atoms with Gasteiger partial charge in [-0.05, 0) is 56.0 Å². The van der Waals surface area contributed by atoms with Crippen LogP contribution in [0.5, 0.6) is 0 Å². The van der Waals surface area contributed by atoms with Crippen LogP contribution in [0.4, 0.5) is 0 Å². The highest BCUT2D eigenvalue weighted by Gasteiger charge is 2.12. The first-order valence-corrected chi connectivity index (χ1v) is 11.0. The van der Waals surface area contributed by atoms with Crippen LogP contribution in [0.15, 0.2) is 60.7 Å². The van der Waals surface area contributed by atoms with Crippen molar-refractivity contribution in [3.63, 3.8) is 0 Å². The molecular weight excluding hydrogens is 382 g/mol. The highest BCUT2D eigenvalue weighted by atomic mass is 16.5. The van der Waals surface area contributed by atoms with E-state index < -0.39 is 0 Å². The first-order chi connectivity index (χ1) is 15.3. The topological polar surface area (TPSA) is 60.8 Å². The van der Waals surface area contributed by atoms with Gasteiger partial charge in [0.15, 0.2) is 0 Å². The van der Waals surface area contributed by atoms with E-state index in [2.05, 4.69) is 71.8 Å². The van der Waals surface area contributed by atoms with E-state index in [1.54, 1.807) is 0 Å². The summed E-state index contributed by atoms with van der Waals surface area (Å²) in [5.74, 6) is 0.640. The Morgan fingerprint density at radius 1 is 1.16 bits per heavy atom. The number of allylic oxidation sites excluding steroid dienone is 1. The molecule has 0 saturated heterocycles. The van der Waals surface area contributed by atoms with Gasteiger partial charge < -0.3 is 15.0 Å². The Morgan fingerprint density at radius 3 is 2.87 bits per heavy atom. The van der Waals surface area contributed by atoms with Crippen molar-refractivity contribution in [3.8, 4) is 6.07 Å². The van der Waals surface area contributed by atoms with Crippen LogP contribution >= 0.6 is 0 Å². The standard InChI is InChI=1S/C27H29N3O/c1-20-9-2-3-10-22(20)11-8-16-29-18-21(17-28)19-31-26-15-7-6-14-25-27(26)23-12-4-5-13-24(23)30-25/h2-5,7,9-10,12-15,21,29-30H,6,8,11,16,18-19H2,1H3. The van der Waals surface area contributed by atoms with Crippen LogP contribution in [-0.2, 0) is 11.2 Å². The van der Waals surface area contributed by atoms with E-state index in [0.717, 1.165) is 53.0 Å². The molecule has 0 aliphatic heterocycles. The number of aryl methyl sites for hydroxylation is 2. The number of para-hydroxylation sites is 1. The zero-order valence-electron chi connectivity index (χ0n) is 18.0. The summed E-state index contributed by atoms with van der Waals surface area (Å²) in [5, 5.41) is 16.4. The molecule has 0 spiro atoms. The molecule has 1 aliphatic rings. The summed E-state index contributed by atoms with van der Waals surface area (Å²) in [6.07, 6.45) is 9.28. The molecule has 0 bridgehead atoms. The van der Waals surface area contributed by atoms with Crippen LogP contribution < -0.4 is 15.9 Å². The molecule has 0 saturated carbocycles. The molecule has 4 nitrogen and oxygen atoms in total. The summed E-state index contributed by atoms with van der Waals surface area (Å²) in [6.45, 7) is 4.06. The minimum absolute atomic E-state index is 0.194. The number of rotatable bonds is 9. The van der Waals surface area contributed by atoms with Crippen molar-refractivity contribution >= 4 is 22.7 Å². The van der Waals surface area contributed by atoms with E-state index in [4.69, 9.17) is 4.74 Å². The number of nitrogens with zero attached hydrogens (tertiary/aromatic N) is 1. The van der Waals surface area contributed by atoms with E-state index in [-0.39, 0.29) is 5.92 Å². The van der Waals surface area contributed by atoms with Gasteiger partial charge in [0.05, 0.1) is 12.0 Å². The Labute approximate surface area is 183 Å². The fourth-order valence-electron chi connectivity index (χ4n) is 4.05. The molecule has 1 heterocycles. The second-order valence-electron chi connectivity index (χ2n) is 8.04. The first kappa shape index (κ1) is 21.0. The average Bonchev–Trinajstić information content (AvgIpc) is 3.04. The fourth-order valence-corrected chi connectivity index (χ4v) is 4.05. The van der Waals surface area contributed by atoms with Crippen molar-refractivity contribution in [2.24, 2.45) is 5.92 Å². The zero-order valence-corrected chi connectivity index (χ0v) is 18.0. The lowest BCUT2D eigenvalue weighted by Crippen LogP contribution is -2.28. The largest absolute Gasteiger partial charge is 0.491 e. The van der Waals surface area contributed by atoms with Crippen molar-refractivity contribution in [3.05, 3.63) is 82.4 Å². The normalized spacial score (nSPS) is 13.9. The monoisotopic (exact) mass is 411 g/mol. The van der Waals surface area contributed by atoms with Crippen LogP contribution in [0.2, 0.25) is 0 Å². The Bertz CT molecular complexity index is 1230. The smallest absolute Gasteiger partial charge is 0.129 e. The van der Waals surface area contributed by atoms with Crippen molar-refractivity contribution < 1.29 is 4.74 Å². The van der Waals surface area contributed by atoms with Crippen molar-refractivity contribution in [2.45, 2.75) is 26.2 Å². The van der Waals surface area contributed by atoms with Gasteiger partial charge in [-0.1, -0.05) is 54.6 Å². The molecule has 1 aliphatic carbocycles. The highest BCUT2D eigenvalue weighted by Crippen LogP contribution is 2.12. The zero-order chi connectivity index (χ0) is 21.5. The quantitative estimate of drug-likeness (QED) is 0.528. The number of fused-ring (bicyclic) bond motifs is 3. The predicted octanol–water partition coefficient (Wildman–Crippen LogP) is 3.70. The van der Waals surface area contributed by atoms with Crippen LogP contribution in [0.1, 0.15) is 24.0 Å². The maximum Gasteiger partial charge on any atom is 0.129 e. The van der Waals surface area contributed by atoms with Gasteiger partial charge in [0.25, 0.3) is 0 Å². The molecule has 4 heteroatoms. The third-order valence-corrected chi connectivity index (χ3v) is 5.78. The number of aromatic nitrogens is 1. The van der Waals surface area contributed by atoms with Gasteiger partial charge in [0.1, 0.15) is 12.4 Å². The summed E-state index contributed by atoms with van der Waals surface area (Å²) in [6, 6.07) is 19.2. The Hall–Kier alpha value is -3.29. The minimum Gasteiger partial charge on any atom is -0.491 e. The van der Waals surface area contributed by atoms with E-state index in [9.17, 15) is 5.26 Å². The summed E-state index contributed by atoms with van der Waals surface area (Å²) < 4.78 is 6.18. The van der Waals surface area contributed by atoms with Gasteiger partial charge in [0.2, 0.25) is 0 Å². The summed E-state index contributed by atoms with van der Waals surface area (Å²) in [4.78, 5) is 3.48. The lowest BCUT2D eigenvalue weighted by atomic mass is 10.0. The Kier molecular flexibility index (Phi) is 6.86. The molecule has 2 N–H and O–H groups in total. The number of ether oxygens (including phenoxy) is 1. The number of nitrogens with one attached hydrogen (secondary N) is 2. The predicted molar refractivity (Wildman–Crippen MR) is 127 cm³/mol. The first-order valence-electron chi connectivity index (χ1n) is 11.0. The van der Waals surface area contributed by atoms with Gasteiger partial charge in [-0.2, -0.15) is 5.26 Å². The lowest BCUT2D eigenvalue weighted by Gasteiger charge is -2.13. The third-order valence-electron chi connectivity index (χ3n) is 5.78. The molecular formula is C27H29N3O. The molecule has 1 aromatic heterocycles. The van der Waals surface area contributed by atoms with Gasteiger partial charge >= 0.3 is 0 Å². The van der Waals surface area contributed by atoms with E-state index in [1.807, 2.05) is 18.2 Å². The Balaban J connectivity index is 1.35. The molecule has 158 valence electrons. The van der Waals surface area contributed by atoms with Gasteiger partial charge in [-0.3, -0.25) is 0 Å². The van der Waals surface area contributed by atoms with E-state index >= 15 is 0 Å². The van der Waals surface area contributed by atoms with Gasteiger partial charge in [-0.25, -0.2) is 0 Å². The second kappa shape index (κ2) is 10.1. The van der Waals surface area contributed by atoms with Crippen LogP contribution in [0.3, 0.4) is 0 Å². The molecule has 0 radical (unpaired) electrons. The molecule has 0 fully saturated rings. The molecule has 31 heavy (non-hydrogen) atoms. The average molecular weight is 412 g/mol. The van der Waals surface area contributed by atoms with E-state index in [0.29, 0.717) is 13.2 Å². The summed E-state index contributed by atoms with van der Waals surface area (Å²) in [7, 11) is 0. The molecule has 3 aromatic rings. The maximum absolute atomic E-state index is 9.60. The SMILES string of the molecule is Cc1ccccc1CCCNCC(C#N)COC1=c2c([nH]c3ccccc23)=CCC=C1. The summed E-state index contributed by atoms with van der Waals surface area (Å²) >= 11 is 0. The van der Waals surface area contributed by atoms with Gasteiger partial charge in [0, 0.05) is 28.0 Å². The molecule has 2 aromatic carbocycles. The molecule has 4 rings (SSSR count). The van der Waals surface area contributed by atoms with Gasteiger partial charge in [-0.15, -0.1) is 0 Å². The molecule has 1 atom stereocenters. The van der Waals surface area contributed by atoms with Crippen LogP contribution in [0.25, 0.3) is 22.7 Å². The molecule has 1 unspecified atom stereocenters. The fraction of sp³-hybridized carbons (Fsp3) is 0.296. The lowest BCUT2D eigenvalue weighted by molar-refractivity contribution is 0.239. The number of hydrogen-bond donors (Lipinski definition) is 2. The number of H-pyrrole nitrogens is 1. The maximum atomic E-state index is 9.60. The van der Waals surface area contributed by atoms with Crippen LogP contribution in [-0.4, -0.2) is 24.7 Å². The van der Waals surface area contributed by atoms with E-state index in [1.165, 1.54) is 11.1 Å². The number of benzene rings is 2. The number of hydrogen-bond acceptors (Lipinski definition) is 3. The van der Waals surface area contributed by atoms with Crippen molar-refractivity contribution in [2.75, 3.05) is 19.7 Å². The second-order valence-corrected chi connectivity index (χ2v) is 8.04. The minimum atomic E-state index is -0.194. The number of nitriles is 1. The summed E-state index contributed by atoms with van der Waals surface area (Å²) in [5.41, 5.74) is 3.84. The van der Waals surface area contributed by atoms with Crippen molar-refractivity contribution in [1.29, 1.82) is 5.26 Å². The number of aromatic amines is 1. The molecule has 0 amide bonds.